The van der Waals surface area contributed by atoms with Crippen molar-refractivity contribution in [2.45, 2.75) is 38.1 Å². The molecule has 2 aromatic carbocycles. The number of amidine groups is 1. The van der Waals surface area contributed by atoms with Gasteiger partial charge in [-0.15, -0.1) is 4.40 Å². The average molecular weight is 385 g/mol. The number of amides is 1. The molecule has 27 heavy (non-hydrogen) atoms. The Balaban J connectivity index is 1.55. The van der Waals surface area contributed by atoms with Gasteiger partial charge in [0, 0.05) is 19.4 Å². The van der Waals surface area contributed by atoms with E-state index in [1.165, 1.54) is 11.6 Å². The first-order chi connectivity index (χ1) is 12.8. The highest BCUT2D eigenvalue weighted by molar-refractivity contribution is 7.90. The number of carbonyl (C=O) groups excluding carboxylic acids is 1. The van der Waals surface area contributed by atoms with Gasteiger partial charge in [-0.05, 0) is 30.5 Å². The number of benzene rings is 2. The van der Waals surface area contributed by atoms with Gasteiger partial charge in [-0.3, -0.25) is 4.79 Å². The molecule has 1 heterocycles. The molecule has 0 saturated carbocycles. The van der Waals surface area contributed by atoms with Crippen molar-refractivity contribution < 1.29 is 13.2 Å². The zero-order valence-electron chi connectivity index (χ0n) is 15.4. The number of aryl methyl sites for hydroxylation is 1. The van der Waals surface area contributed by atoms with Crippen LogP contribution in [0, 0.1) is 12.8 Å². The van der Waals surface area contributed by atoms with Crippen LogP contribution in [0.5, 0.6) is 0 Å². The molecule has 0 fully saturated rings. The van der Waals surface area contributed by atoms with Crippen LogP contribution in [0.4, 0.5) is 5.69 Å². The lowest BCUT2D eigenvalue weighted by atomic mass is 10.0. The normalized spacial score (nSPS) is 15.9. The van der Waals surface area contributed by atoms with E-state index in [-0.39, 0.29) is 16.7 Å². The van der Waals surface area contributed by atoms with Crippen LogP contribution >= 0.6 is 0 Å². The number of nitrogens with zero attached hydrogens (tertiary/aromatic N) is 1. The number of fused-ring (bicyclic) bond motifs is 1. The Labute approximate surface area is 159 Å². The summed E-state index contributed by atoms with van der Waals surface area (Å²) in [5.41, 5.74) is 2.75. The minimum Gasteiger partial charge on any atom is -0.352 e. The summed E-state index contributed by atoms with van der Waals surface area (Å²) in [7, 11) is -3.69. The molecule has 0 bridgehead atoms. The Bertz CT molecular complexity index is 966. The summed E-state index contributed by atoms with van der Waals surface area (Å²) >= 11 is 0. The Morgan fingerprint density at radius 1 is 1.15 bits per heavy atom. The largest absolute Gasteiger partial charge is 0.352 e. The van der Waals surface area contributed by atoms with Crippen molar-refractivity contribution in [3.05, 3.63) is 59.7 Å². The molecule has 3 rings (SSSR count). The summed E-state index contributed by atoms with van der Waals surface area (Å²) in [6.07, 6.45) is 0.680. The van der Waals surface area contributed by atoms with Crippen LogP contribution in [-0.2, 0) is 21.4 Å². The topological polar surface area (TPSA) is 87.6 Å². The molecule has 1 amide bonds. The van der Waals surface area contributed by atoms with Gasteiger partial charge in [0.25, 0.3) is 10.0 Å². The first kappa shape index (κ1) is 19.1. The van der Waals surface area contributed by atoms with Crippen LogP contribution < -0.4 is 10.6 Å². The van der Waals surface area contributed by atoms with Gasteiger partial charge in [0.05, 0.1) is 5.69 Å². The molecular weight excluding hydrogens is 362 g/mol. The number of hydrogen-bond acceptors (Lipinski definition) is 4. The van der Waals surface area contributed by atoms with E-state index in [0.29, 0.717) is 30.9 Å². The van der Waals surface area contributed by atoms with Crippen LogP contribution in [0.2, 0.25) is 0 Å². The van der Waals surface area contributed by atoms with Gasteiger partial charge in [0.15, 0.2) is 0 Å². The third-order valence-electron chi connectivity index (χ3n) is 4.36. The summed E-state index contributed by atoms with van der Waals surface area (Å²) in [6.45, 7) is 4.40. The van der Waals surface area contributed by atoms with Gasteiger partial charge in [-0.25, -0.2) is 0 Å². The number of sulfonamides is 1. The fourth-order valence-electron chi connectivity index (χ4n) is 2.95. The lowest BCUT2D eigenvalue weighted by Gasteiger charge is -2.20. The minimum atomic E-state index is -3.69. The van der Waals surface area contributed by atoms with E-state index in [1.807, 2.05) is 38.1 Å². The van der Waals surface area contributed by atoms with Gasteiger partial charge in [-0.1, -0.05) is 48.9 Å². The van der Waals surface area contributed by atoms with E-state index >= 15 is 0 Å². The summed E-state index contributed by atoms with van der Waals surface area (Å²) in [5.74, 6) is 0.255. The van der Waals surface area contributed by atoms with E-state index in [9.17, 15) is 13.2 Å². The van der Waals surface area contributed by atoms with Gasteiger partial charge in [0.2, 0.25) is 5.91 Å². The Kier molecular flexibility index (Phi) is 5.60. The Hall–Kier alpha value is -2.67. The van der Waals surface area contributed by atoms with E-state index in [2.05, 4.69) is 15.0 Å². The predicted octanol–water partition coefficient (Wildman–Crippen LogP) is 3.24. The molecule has 142 valence electrons. The van der Waals surface area contributed by atoms with Crippen LogP contribution in [0.1, 0.15) is 30.9 Å². The molecule has 0 aromatic heterocycles. The molecule has 2 aromatic rings. The molecule has 0 aliphatic carbocycles. The number of rotatable bonds is 6. The van der Waals surface area contributed by atoms with Crippen molar-refractivity contribution in [1.29, 1.82) is 0 Å². The van der Waals surface area contributed by atoms with Gasteiger partial charge >= 0.3 is 0 Å². The van der Waals surface area contributed by atoms with Crippen LogP contribution in [0.3, 0.4) is 0 Å². The number of hydrogen-bond donors (Lipinski definition) is 2. The number of anilines is 1. The van der Waals surface area contributed by atoms with Crippen molar-refractivity contribution in [1.82, 2.24) is 5.32 Å². The Morgan fingerprint density at radius 2 is 1.85 bits per heavy atom. The molecule has 0 spiro atoms. The molecule has 6 nitrogen and oxygen atoms in total. The third-order valence-corrected chi connectivity index (χ3v) is 5.73. The zero-order chi connectivity index (χ0) is 19.4. The smallest absolute Gasteiger partial charge is 0.286 e. The van der Waals surface area contributed by atoms with Crippen molar-refractivity contribution in [3.8, 4) is 0 Å². The number of para-hydroxylation sites is 1. The van der Waals surface area contributed by atoms with Crippen LogP contribution in [0.25, 0.3) is 0 Å². The molecule has 1 atom stereocenters. The van der Waals surface area contributed by atoms with Crippen molar-refractivity contribution in [3.63, 3.8) is 0 Å². The quantitative estimate of drug-likeness (QED) is 0.799. The predicted molar refractivity (Wildman–Crippen MR) is 106 cm³/mol. The second kappa shape index (κ2) is 7.92. The molecule has 1 aliphatic rings. The molecular formula is C20H23N3O3S. The second-order valence-corrected chi connectivity index (χ2v) is 8.48. The van der Waals surface area contributed by atoms with Crippen molar-refractivity contribution in [2.75, 3.05) is 5.32 Å². The van der Waals surface area contributed by atoms with E-state index in [0.717, 1.165) is 5.56 Å². The standard InChI is InChI=1S/C20H23N3O3S/c1-14-7-9-16(10-8-14)13-21-20(24)12-15(2)11-19-22-17-5-3-4-6-18(17)27(25,26)23-19/h3-10,15H,11-13H2,1-2H3,(H,21,24)(H,22,23)/t15-/m0/s1. The maximum Gasteiger partial charge on any atom is 0.286 e. The molecule has 0 saturated heterocycles. The van der Waals surface area contributed by atoms with E-state index in [1.54, 1.807) is 18.2 Å². The van der Waals surface area contributed by atoms with Crippen molar-refractivity contribution in [2.24, 2.45) is 10.3 Å². The summed E-state index contributed by atoms with van der Waals surface area (Å²) < 4.78 is 28.4. The summed E-state index contributed by atoms with van der Waals surface area (Å²) in [5, 5.41) is 5.96. The first-order valence-electron chi connectivity index (χ1n) is 8.85. The molecule has 0 unspecified atom stereocenters. The zero-order valence-corrected chi connectivity index (χ0v) is 16.2. The lowest BCUT2D eigenvalue weighted by molar-refractivity contribution is -0.122. The molecule has 1 aliphatic heterocycles. The van der Waals surface area contributed by atoms with Crippen LogP contribution in [0.15, 0.2) is 57.8 Å². The van der Waals surface area contributed by atoms with Gasteiger partial charge in [-0.2, -0.15) is 8.42 Å². The maximum atomic E-state index is 12.3. The third kappa shape index (κ3) is 4.95. The summed E-state index contributed by atoms with van der Waals surface area (Å²) in [4.78, 5) is 12.3. The Morgan fingerprint density at radius 3 is 2.59 bits per heavy atom. The first-order valence-corrected chi connectivity index (χ1v) is 10.3. The SMILES string of the molecule is Cc1ccc(CNC(=O)C[C@@H](C)CC2=NS(=O)(=O)c3ccccc3N2)cc1. The lowest BCUT2D eigenvalue weighted by Crippen LogP contribution is -2.27. The molecule has 0 radical (unpaired) electrons. The fraction of sp³-hybridized carbons (Fsp3) is 0.300. The minimum absolute atomic E-state index is 0.0465. The van der Waals surface area contributed by atoms with E-state index < -0.39 is 10.0 Å². The average Bonchev–Trinajstić information content (AvgIpc) is 2.60. The highest BCUT2D eigenvalue weighted by atomic mass is 32.2. The van der Waals surface area contributed by atoms with Gasteiger partial charge < -0.3 is 10.6 Å². The van der Waals surface area contributed by atoms with E-state index in [4.69, 9.17) is 0 Å². The summed E-state index contributed by atoms with van der Waals surface area (Å²) in [6, 6.07) is 14.7. The second-order valence-electron chi connectivity index (χ2n) is 6.91. The fourth-order valence-corrected chi connectivity index (χ4v) is 4.11. The molecule has 7 heteroatoms. The van der Waals surface area contributed by atoms with Crippen molar-refractivity contribution >= 4 is 27.5 Å². The number of carbonyl (C=O) groups is 1. The molecule has 2 N–H and O–H groups in total. The highest BCUT2D eigenvalue weighted by Crippen LogP contribution is 2.28. The highest BCUT2D eigenvalue weighted by Gasteiger charge is 2.25. The number of nitrogens with one attached hydrogen (secondary N) is 2. The van der Waals surface area contributed by atoms with Crippen LogP contribution in [-0.4, -0.2) is 20.2 Å². The van der Waals surface area contributed by atoms with Gasteiger partial charge in [0.1, 0.15) is 10.7 Å². The monoisotopic (exact) mass is 385 g/mol. The maximum absolute atomic E-state index is 12.3.